The van der Waals surface area contributed by atoms with Crippen molar-refractivity contribution >= 4 is 33.8 Å². The molecule has 0 fully saturated rings. The number of anilines is 1. The molecule has 0 amide bonds. The van der Waals surface area contributed by atoms with Gasteiger partial charge in [-0.05, 0) is 25.1 Å². The van der Waals surface area contributed by atoms with Crippen LogP contribution in [0.15, 0.2) is 47.6 Å². The molecule has 0 atom stereocenters. The van der Waals surface area contributed by atoms with Crippen molar-refractivity contribution in [2.24, 2.45) is 5.10 Å². The van der Waals surface area contributed by atoms with E-state index in [9.17, 15) is 20.2 Å². The molecule has 0 aliphatic carbocycles. The number of fused-ring (bicyclic) bond motifs is 1. The van der Waals surface area contributed by atoms with Gasteiger partial charge in [-0.2, -0.15) is 5.10 Å². The number of nitrogens with one attached hydrogen (secondary N) is 1. The van der Waals surface area contributed by atoms with Crippen molar-refractivity contribution in [3.05, 3.63) is 62.7 Å². The maximum atomic E-state index is 11.1. The Balaban J connectivity index is 1.70. The number of nitro groups is 2. The Morgan fingerprint density at radius 1 is 1.19 bits per heavy atom. The molecule has 138 valence electrons. The second-order valence-corrected chi connectivity index (χ2v) is 5.73. The number of benzene rings is 2. The number of hydrazone groups is 1. The lowest BCUT2D eigenvalue weighted by Gasteiger charge is -2.05. The molecule has 27 heavy (non-hydrogen) atoms. The van der Waals surface area contributed by atoms with E-state index >= 15 is 0 Å². The lowest BCUT2D eigenvalue weighted by Crippen LogP contribution is -2.07. The van der Waals surface area contributed by atoms with Crippen LogP contribution in [0.5, 0.6) is 0 Å². The first-order valence-electron chi connectivity index (χ1n) is 7.96. The van der Waals surface area contributed by atoms with E-state index in [2.05, 4.69) is 20.8 Å². The number of non-ortho nitro benzene ring substituents is 1. The smallest absolute Gasteiger partial charge is 0.272 e. The molecule has 3 aromatic rings. The lowest BCUT2D eigenvalue weighted by molar-refractivity contribution is -0.393. The minimum absolute atomic E-state index is 0.0798. The van der Waals surface area contributed by atoms with E-state index in [1.807, 2.05) is 24.3 Å². The summed E-state index contributed by atoms with van der Waals surface area (Å²) in [6.45, 7) is 2.31. The summed E-state index contributed by atoms with van der Waals surface area (Å²) in [4.78, 5) is 20.5. The molecular formula is C16H15N7O4. The molecule has 1 N–H and O–H groups in total. The summed E-state index contributed by atoms with van der Waals surface area (Å²) in [6.07, 6.45) is 0.543. The molecule has 0 radical (unpaired) electrons. The number of para-hydroxylation sites is 1. The van der Waals surface area contributed by atoms with Crippen molar-refractivity contribution in [2.75, 3.05) is 5.43 Å². The van der Waals surface area contributed by atoms with Crippen LogP contribution in [0.3, 0.4) is 0 Å². The van der Waals surface area contributed by atoms with Crippen molar-refractivity contribution in [1.82, 2.24) is 15.0 Å². The molecule has 0 unspecified atom stereocenters. The standard InChI is InChI=1S/C16H15N7O4/c1-11(8-9-21-15-5-3-2-4-13(15)19-20-21)17-18-14-7-6-12(22(24)25)10-16(14)23(26)27/h2-7,10,18H,8-9H2,1H3/b17-11+. The molecule has 0 bridgehead atoms. The van der Waals surface area contributed by atoms with Gasteiger partial charge in [0.15, 0.2) is 0 Å². The minimum atomic E-state index is -0.693. The van der Waals surface area contributed by atoms with Crippen molar-refractivity contribution in [3.8, 4) is 0 Å². The normalized spacial score (nSPS) is 11.5. The van der Waals surface area contributed by atoms with Gasteiger partial charge in [-0.1, -0.05) is 17.3 Å². The minimum Gasteiger partial charge on any atom is -0.272 e. The van der Waals surface area contributed by atoms with Crippen LogP contribution in [-0.2, 0) is 6.54 Å². The largest absolute Gasteiger partial charge is 0.301 e. The van der Waals surface area contributed by atoms with Gasteiger partial charge in [-0.25, -0.2) is 4.68 Å². The number of hydrogen-bond acceptors (Lipinski definition) is 8. The predicted molar refractivity (Wildman–Crippen MR) is 98.6 cm³/mol. The molecule has 11 heteroatoms. The highest BCUT2D eigenvalue weighted by Gasteiger charge is 2.19. The zero-order valence-corrected chi connectivity index (χ0v) is 14.3. The molecule has 1 aromatic heterocycles. The van der Waals surface area contributed by atoms with Crippen LogP contribution in [-0.4, -0.2) is 30.6 Å². The van der Waals surface area contributed by atoms with Gasteiger partial charge in [0.05, 0.1) is 21.4 Å². The third-order valence-corrected chi connectivity index (χ3v) is 3.86. The molecule has 3 rings (SSSR count). The Morgan fingerprint density at radius 3 is 2.70 bits per heavy atom. The molecule has 0 saturated heterocycles. The van der Waals surface area contributed by atoms with Crippen LogP contribution in [0.2, 0.25) is 0 Å². The number of nitro benzene ring substituents is 2. The van der Waals surface area contributed by atoms with Crippen LogP contribution in [0.25, 0.3) is 11.0 Å². The van der Waals surface area contributed by atoms with Crippen molar-refractivity contribution in [2.45, 2.75) is 19.9 Å². The van der Waals surface area contributed by atoms with Crippen LogP contribution in [0, 0.1) is 20.2 Å². The van der Waals surface area contributed by atoms with Gasteiger partial charge in [-0.3, -0.25) is 25.7 Å². The third kappa shape index (κ3) is 4.03. The molecule has 0 spiro atoms. The van der Waals surface area contributed by atoms with Crippen molar-refractivity contribution < 1.29 is 9.85 Å². The average molecular weight is 369 g/mol. The Hall–Kier alpha value is -3.89. The van der Waals surface area contributed by atoms with Gasteiger partial charge in [0.1, 0.15) is 11.2 Å². The zero-order chi connectivity index (χ0) is 19.4. The summed E-state index contributed by atoms with van der Waals surface area (Å²) in [5.41, 5.74) is 4.30. The van der Waals surface area contributed by atoms with E-state index in [4.69, 9.17) is 0 Å². The van der Waals surface area contributed by atoms with E-state index in [1.165, 1.54) is 12.1 Å². The summed E-state index contributed by atoms with van der Waals surface area (Å²) >= 11 is 0. The number of aromatic nitrogens is 3. The predicted octanol–water partition coefficient (Wildman–Crippen LogP) is 3.13. The Kier molecular flexibility index (Phi) is 5.01. The molecule has 2 aromatic carbocycles. The molecule has 0 aliphatic rings. The second-order valence-electron chi connectivity index (χ2n) is 5.73. The first-order chi connectivity index (χ1) is 13.0. The van der Waals surface area contributed by atoms with E-state index < -0.39 is 15.5 Å². The van der Waals surface area contributed by atoms with Gasteiger partial charge in [0.25, 0.3) is 5.69 Å². The maximum absolute atomic E-state index is 11.1. The second kappa shape index (κ2) is 7.56. The van der Waals surface area contributed by atoms with E-state index in [-0.39, 0.29) is 11.4 Å². The van der Waals surface area contributed by atoms with E-state index in [0.717, 1.165) is 17.1 Å². The fraction of sp³-hybridized carbons (Fsp3) is 0.188. The van der Waals surface area contributed by atoms with Gasteiger partial charge in [-0.15, -0.1) is 5.10 Å². The fourth-order valence-electron chi connectivity index (χ4n) is 2.44. The molecule has 11 nitrogen and oxygen atoms in total. The first kappa shape index (κ1) is 17.9. The monoisotopic (exact) mass is 369 g/mol. The molecule has 0 saturated carbocycles. The lowest BCUT2D eigenvalue weighted by atomic mass is 10.2. The maximum Gasteiger partial charge on any atom is 0.301 e. The Bertz CT molecular complexity index is 1040. The summed E-state index contributed by atoms with van der Waals surface area (Å²) in [7, 11) is 0. The van der Waals surface area contributed by atoms with Crippen LogP contribution in [0.1, 0.15) is 13.3 Å². The van der Waals surface area contributed by atoms with Crippen molar-refractivity contribution in [1.29, 1.82) is 0 Å². The Labute approximate surface area is 152 Å². The SMILES string of the molecule is C/C(CCn1nnc2ccccc21)=N\Nc1ccc([N+](=O)[O-])cc1[N+](=O)[O-]. The molecular weight excluding hydrogens is 354 g/mol. The fourth-order valence-corrected chi connectivity index (χ4v) is 2.44. The van der Waals surface area contributed by atoms with Crippen LogP contribution < -0.4 is 5.43 Å². The van der Waals surface area contributed by atoms with E-state index in [1.54, 1.807) is 11.6 Å². The first-order valence-corrected chi connectivity index (χ1v) is 7.96. The molecule has 0 aliphatic heterocycles. The highest BCUT2D eigenvalue weighted by molar-refractivity contribution is 5.83. The van der Waals surface area contributed by atoms with Crippen LogP contribution >= 0.6 is 0 Å². The summed E-state index contributed by atoms with van der Waals surface area (Å²) in [5.74, 6) is 0. The number of aryl methyl sites for hydroxylation is 1. The summed E-state index contributed by atoms with van der Waals surface area (Å²) in [6, 6.07) is 10.9. The highest BCUT2D eigenvalue weighted by Crippen LogP contribution is 2.28. The topological polar surface area (TPSA) is 141 Å². The number of hydrogen-bond donors (Lipinski definition) is 1. The van der Waals surface area contributed by atoms with E-state index in [0.29, 0.717) is 18.7 Å². The van der Waals surface area contributed by atoms with Gasteiger partial charge in [0.2, 0.25) is 0 Å². The number of rotatable bonds is 7. The summed E-state index contributed by atoms with van der Waals surface area (Å²) in [5, 5.41) is 34.2. The summed E-state index contributed by atoms with van der Waals surface area (Å²) < 4.78 is 1.75. The highest BCUT2D eigenvalue weighted by atomic mass is 16.6. The van der Waals surface area contributed by atoms with Gasteiger partial charge >= 0.3 is 5.69 Å². The average Bonchev–Trinajstić information content (AvgIpc) is 3.07. The zero-order valence-electron chi connectivity index (χ0n) is 14.3. The van der Waals surface area contributed by atoms with Gasteiger partial charge < -0.3 is 0 Å². The number of nitrogens with zero attached hydrogens (tertiary/aromatic N) is 6. The molecule has 1 heterocycles. The van der Waals surface area contributed by atoms with Gasteiger partial charge in [0, 0.05) is 24.7 Å². The quantitative estimate of drug-likeness (QED) is 0.383. The third-order valence-electron chi connectivity index (χ3n) is 3.86. The van der Waals surface area contributed by atoms with Crippen molar-refractivity contribution in [3.63, 3.8) is 0 Å². The Morgan fingerprint density at radius 2 is 1.96 bits per heavy atom. The van der Waals surface area contributed by atoms with Crippen LogP contribution in [0.4, 0.5) is 17.1 Å².